The smallest absolute Gasteiger partial charge is 0.290 e. The first-order chi connectivity index (χ1) is 9.13. The summed E-state index contributed by atoms with van der Waals surface area (Å²) < 4.78 is 12.0. The van der Waals surface area contributed by atoms with Crippen molar-refractivity contribution in [1.29, 1.82) is 0 Å². The summed E-state index contributed by atoms with van der Waals surface area (Å²) in [6, 6.07) is 8.13. The molecular formula is C13H20FN3O2. The molecule has 0 aliphatic heterocycles. The molecule has 0 amide bonds. The second-order valence-corrected chi connectivity index (χ2v) is 3.77. The lowest BCUT2D eigenvalue weighted by Gasteiger charge is -2.02. The molecule has 1 aromatic carbocycles. The highest BCUT2D eigenvalue weighted by Crippen LogP contribution is 2.07. The van der Waals surface area contributed by atoms with Gasteiger partial charge in [-0.1, -0.05) is 24.3 Å². The summed E-state index contributed by atoms with van der Waals surface area (Å²) >= 11 is 0. The van der Waals surface area contributed by atoms with Gasteiger partial charge >= 0.3 is 0 Å². The number of nitrogens with zero attached hydrogens (tertiary/aromatic N) is 1. The van der Waals surface area contributed by atoms with E-state index in [4.69, 9.17) is 21.4 Å². The third-order valence-corrected chi connectivity index (χ3v) is 2.32. The van der Waals surface area contributed by atoms with Crippen molar-refractivity contribution in [3.8, 4) is 0 Å². The van der Waals surface area contributed by atoms with Gasteiger partial charge in [-0.05, 0) is 30.4 Å². The van der Waals surface area contributed by atoms with Crippen LogP contribution in [0.25, 0.3) is 0 Å². The Bertz CT molecular complexity index is 376. The maximum atomic E-state index is 12.0. The number of aliphatic imine (C=N–C) groups is 1. The van der Waals surface area contributed by atoms with E-state index in [1.807, 2.05) is 24.3 Å². The van der Waals surface area contributed by atoms with Crippen molar-refractivity contribution in [3.05, 3.63) is 35.4 Å². The molecule has 0 bridgehead atoms. The van der Waals surface area contributed by atoms with Crippen molar-refractivity contribution in [3.63, 3.8) is 0 Å². The number of nitrogens with two attached hydrogens (primary N) is 2. The summed E-state index contributed by atoms with van der Waals surface area (Å²) in [4.78, 5) is 12.3. The minimum Gasteiger partial charge on any atom is -0.483 e. The van der Waals surface area contributed by atoms with E-state index >= 15 is 0 Å². The zero-order valence-electron chi connectivity index (χ0n) is 10.8. The molecule has 0 radical (unpaired) electrons. The van der Waals surface area contributed by atoms with Crippen LogP contribution in [0.2, 0.25) is 0 Å². The largest absolute Gasteiger partial charge is 0.483 e. The van der Waals surface area contributed by atoms with Crippen LogP contribution in [-0.2, 0) is 17.6 Å². The third kappa shape index (κ3) is 9.58. The molecule has 0 aliphatic carbocycles. The van der Waals surface area contributed by atoms with Crippen LogP contribution in [0.15, 0.2) is 29.3 Å². The number of alkyl halides is 1. The Morgan fingerprint density at radius 1 is 1.21 bits per heavy atom. The van der Waals surface area contributed by atoms with Crippen LogP contribution in [0.4, 0.5) is 4.39 Å². The summed E-state index contributed by atoms with van der Waals surface area (Å²) in [7, 11) is 0. The first-order valence-corrected chi connectivity index (χ1v) is 5.91. The molecule has 0 atom stereocenters. The maximum absolute atomic E-state index is 12.0. The van der Waals surface area contributed by atoms with Gasteiger partial charge in [0, 0.05) is 6.54 Å². The highest BCUT2D eigenvalue weighted by molar-refractivity contribution is 5.75. The predicted molar refractivity (Wildman–Crippen MR) is 73.8 cm³/mol. The lowest BCUT2D eigenvalue weighted by Crippen LogP contribution is -2.23. The van der Waals surface area contributed by atoms with Gasteiger partial charge in [-0.2, -0.15) is 0 Å². The number of hydrogen-bond donors (Lipinski definition) is 3. The summed E-state index contributed by atoms with van der Waals surface area (Å²) in [5, 5.41) is 6.89. The third-order valence-electron chi connectivity index (χ3n) is 2.32. The summed E-state index contributed by atoms with van der Waals surface area (Å²) in [6.07, 6.45) is 2.21. The second kappa shape index (κ2) is 11.0. The van der Waals surface area contributed by atoms with Gasteiger partial charge in [0.05, 0.1) is 6.67 Å². The molecule has 0 spiro atoms. The highest BCUT2D eigenvalue weighted by atomic mass is 18.2. The second-order valence-electron chi connectivity index (χ2n) is 3.77. The summed E-state index contributed by atoms with van der Waals surface area (Å²) in [5.74, 6) is 0.125. The quantitative estimate of drug-likeness (QED) is 0.408. The molecule has 0 saturated carbocycles. The molecule has 106 valence electrons. The fraction of sp³-hybridized carbons (Fsp3) is 0.385. The van der Waals surface area contributed by atoms with Crippen molar-refractivity contribution in [2.24, 2.45) is 16.5 Å². The molecule has 0 heterocycles. The molecule has 0 aliphatic rings. The lowest BCUT2D eigenvalue weighted by atomic mass is 10.1. The summed E-state index contributed by atoms with van der Waals surface area (Å²) in [5.41, 5.74) is 12.8. The molecule has 0 aromatic heterocycles. The average Bonchev–Trinajstić information content (AvgIpc) is 2.38. The number of guanidine groups is 1. The first-order valence-electron chi connectivity index (χ1n) is 5.91. The number of carbonyl (C=O) groups is 1. The van der Waals surface area contributed by atoms with Crippen LogP contribution in [0.5, 0.6) is 0 Å². The molecule has 1 aromatic rings. The van der Waals surface area contributed by atoms with E-state index in [0.29, 0.717) is 13.0 Å². The molecule has 0 unspecified atom stereocenters. The van der Waals surface area contributed by atoms with Crippen molar-refractivity contribution >= 4 is 12.4 Å². The number of benzene rings is 1. The van der Waals surface area contributed by atoms with Gasteiger partial charge in [0.1, 0.15) is 0 Å². The van der Waals surface area contributed by atoms with Crippen molar-refractivity contribution < 1.29 is 14.3 Å². The SMILES string of the molecule is NC(N)=NCCc1ccc(CCC[18F])cc1.O=CO. The Labute approximate surface area is 112 Å². The normalized spacial score (nSPS) is 9.11. The predicted octanol–water partition coefficient (Wildman–Crippen LogP) is 1.11. The Balaban J connectivity index is 0.000000982. The Morgan fingerprint density at radius 3 is 2.11 bits per heavy atom. The zero-order chi connectivity index (χ0) is 14.5. The van der Waals surface area contributed by atoms with Crippen LogP contribution in [-0.4, -0.2) is 30.8 Å². The van der Waals surface area contributed by atoms with Crippen LogP contribution < -0.4 is 11.5 Å². The standard InChI is InChI=1S/C12H18FN3.CH2O2/c13-8-1-2-10-3-5-11(6-4-10)7-9-16-12(14)15;2-1-3/h3-6H,1-2,7-9H2,(H4,14,15,16);1H,(H,2,3)/i13-1;. The molecule has 1 rings (SSSR count). The molecule has 0 saturated heterocycles. The Hall–Kier alpha value is -2.11. The van der Waals surface area contributed by atoms with Gasteiger partial charge in [0.15, 0.2) is 5.96 Å². The Morgan fingerprint density at radius 2 is 1.68 bits per heavy atom. The van der Waals surface area contributed by atoms with Gasteiger partial charge in [0.2, 0.25) is 0 Å². The molecule has 19 heavy (non-hydrogen) atoms. The first kappa shape index (κ1) is 16.9. The molecular weight excluding hydrogens is 248 g/mol. The fourth-order valence-corrected chi connectivity index (χ4v) is 1.46. The molecule has 5 N–H and O–H groups in total. The van der Waals surface area contributed by atoms with E-state index in [-0.39, 0.29) is 19.1 Å². The lowest BCUT2D eigenvalue weighted by molar-refractivity contribution is -0.122. The molecule has 6 heteroatoms. The number of carboxylic acid groups (broad SMARTS) is 1. The van der Waals surface area contributed by atoms with Crippen LogP contribution in [0.3, 0.4) is 0 Å². The Kier molecular flexibility index (Phi) is 9.79. The van der Waals surface area contributed by atoms with Crippen LogP contribution in [0.1, 0.15) is 17.5 Å². The van der Waals surface area contributed by atoms with E-state index in [9.17, 15) is 4.39 Å². The monoisotopic (exact) mass is 268 g/mol. The van der Waals surface area contributed by atoms with Crippen LogP contribution in [0, 0.1) is 0 Å². The number of halogens is 1. The van der Waals surface area contributed by atoms with Crippen molar-refractivity contribution in [2.75, 3.05) is 13.2 Å². The van der Waals surface area contributed by atoms with Crippen molar-refractivity contribution in [2.45, 2.75) is 19.3 Å². The number of aryl methyl sites for hydroxylation is 1. The van der Waals surface area contributed by atoms with E-state index in [1.54, 1.807) is 0 Å². The molecule has 5 nitrogen and oxygen atoms in total. The van der Waals surface area contributed by atoms with E-state index in [0.717, 1.165) is 12.8 Å². The van der Waals surface area contributed by atoms with E-state index < -0.39 is 0 Å². The number of hydrogen-bond acceptors (Lipinski definition) is 2. The van der Waals surface area contributed by atoms with Gasteiger partial charge in [0.25, 0.3) is 6.47 Å². The van der Waals surface area contributed by atoms with Gasteiger partial charge in [-0.3, -0.25) is 14.2 Å². The minimum absolute atomic E-state index is 0.125. The van der Waals surface area contributed by atoms with Gasteiger partial charge in [-0.15, -0.1) is 0 Å². The van der Waals surface area contributed by atoms with Gasteiger partial charge in [-0.25, -0.2) is 0 Å². The van der Waals surface area contributed by atoms with E-state index in [1.165, 1.54) is 11.1 Å². The zero-order valence-corrected chi connectivity index (χ0v) is 10.8. The van der Waals surface area contributed by atoms with E-state index in [2.05, 4.69) is 4.99 Å². The fourth-order valence-electron chi connectivity index (χ4n) is 1.46. The molecule has 0 fully saturated rings. The number of rotatable bonds is 6. The summed E-state index contributed by atoms with van der Waals surface area (Å²) in [6.45, 7) is 0.0956. The topological polar surface area (TPSA) is 102 Å². The average molecular weight is 268 g/mol. The minimum atomic E-state index is -0.258. The maximum Gasteiger partial charge on any atom is 0.290 e. The van der Waals surface area contributed by atoms with Gasteiger partial charge < -0.3 is 16.6 Å². The highest BCUT2D eigenvalue weighted by Gasteiger charge is 1.95. The van der Waals surface area contributed by atoms with Crippen LogP contribution >= 0.6 is 0 Å². The van der Waals surface area contributed by atoms with Crippen molar-refractivity contribution in [1.82, 2.24) is 0 Å².